The van der Waals surface area contributed by atoms with Gasteiger partial charge in [-0.2, -0.15) is 0 Å². The Kier molecular flexibility index (Phi) is 4.30. The Labute approximate surface area is 106 Å². The number of carbonyl (C=O) groups is 2. The molecule has 1 aromatic carbocycles. The van der Waals surface area contributed by atoms with Crippen molar-refractivity contribution in [2.45, 2.75) is 18.9 Å². The summed E-state index contributed by atoms with van der Waals surface area (Å²) in [5.74, 6) is -0.336. The molecule has 96 valence electrons. The van der Waals surface area contributed by atoms with Crippen molar-refractivity contribution in [3.8, 4) is 0 Å². The van der Waals surface area contributed by atoms with Gasteiger partial charge in [0.15, 0.2) is 0 Å². The monoisotopic (exact) mass is 248 g/mol. The number of piperidine rings is 1. The number of nitrogens with one attached hydrogen (secondary N) is 1. The van der Waals surface area contributed by atoms with Gasteiger partial charge < -0.3 is 10.2 Å². The highest BCUT2D eigenvalue weighted by Gasteiger charge is 2.21. The molecule has 0 bridgehead atoms. The molecule has 1 saturated heterocycles. The summed E-state index contributed by atoms with van der Waals surface area (Å²) < 4.78 is 0. The smallest absolute Gasteiger partial charge is 0.357 e. The van der Waals surface area contributed by atoms with Gasteiger partial charge in [0.2, 0.25) is 6.41 Å². The lowest BCUT2D eigenvalue weighted by atomic mass is 10.1. The second kappa shape index (κ2) is 6.16. The van der Waals surface area contributed by atoms with Gasteiger partial charge in [-0.25, -0.2) is 4.79 Å². The number of amides is 1. The van der Waals surface area contributed by atoms with Crippen molar-refractivity contribution < 1.29 is 14.4 Å². The van der Waals surface area contributed by atoms with Gasteiger partial charge in [0.25, 0.3) is 0 Å². The van der Waals surface area contributed by atoms with Gasteiger partial charge in [-0.1, -0.05) is 18.2 Å². The SMILES string of the molecule is O=CNC1CCN(OC(=O)c2ccccc2)CC1. The highest BCUT2D eigenvalue weighted by molar-refractivity contribution is 5.89. The average molecular weight is 248 g/mol. The van der Waals surface area contributed by atoms with Crippen LogP contribution in [-0.4, -0.2) is 36.6 Å². The fraction of sp³-hybridized carbons (Fsp3) is 0.385. The maximum absolute atomic E-state index is 11.8. The molecule has 1 aromatic rings. The molecule has 0 saturated carbocycles. The first kappa shape index (κ1) is 12.6. The van der Waals surface area contributed by atoms with Crippen LogP contribution in [0.5, 0.6) is 0 Å². The Balaban J connectivity index is 1.81. The summed E-state index contributed by atoms with van der Waals surface area (Å²) in [5, 5.41) is 4.39. The fourth-order valence-electron chi connectivity index (χ4n) is 1.95. The summed E-state index contributed by atoms with van der Waals surface area (Å²) >= 11 is 0. The van der Waals surface area contributed by atoms with E-state index >= 15 is 0 Å². The van der Waals surface area contributed by atoms with Crippen LogP contribution < -0.4 is 5.32 Å². The van der Waals surface area contributed by atoms with Crippen molar-refractivity contribution >= 4 is 12.4 Å². The van der Waals surface area contributed by atoms with E-state index in [0.717, 1.165) is 19.3 Å². The molecule has 0 aromatic heterocycles. The van der Waals surface area contributed by atoms with Crippen molar-refractivity contribution in [3.63, 3.8) is 0 Å². The van der Waals surface area contributed by atoms with Gasteiger partial charge in [0.1, 0.15) is 0 Å². The van der Waals surface area contributed by atoms with Crippen molar-refractivity contribution in [2.24, 2.45) is 0 Å². The van der Waals surface area contributed by atoms with Gasteiger partial charge in [-0.05, 0) is 25.0 Å². The minimum atomic E-state index is -0.336. The zero-order valence-electron chi connectivity index (χ0n) is 10.0. The standard InChI is InChI=1S/C13H16N2O3/c16-10-14-12-6-8-15(9-7-12)18-13(17)11-4-2-1-3-5-11/h1-5,10,12H,6-9H2,(H,14,16). The molecule has 1 heterocycles. The third-order valence-corrected chi connectivity index (χ3v) is 2.98. The van der Waals surface area contributed by atoms with E-state index in [4.69, 9.17) is 4.84 Å². The van der Waals surface area contributed by atoms with Crippen molar-refractivity contribution in [2.75, 3.05) is 13.1 Å². The number of nitrogens with zero attached hydrogens (tertiary/aromatic N) is 1. The van der Waals surface area contributed by atoms with Gasteiger partial charge in [-0.3, -0.25) is 4.79 Å². The molecule has 1 aliphatic rings. The van der Waals surface area contributed by atoms with Crippen LogP contribution >= 0.6 is 0 Å². The Hall–Kier alpha value is -1.88. The number of hydrogen-bond acceptors (Lipinski definition) is 4. The lowest BCUT2D eigenvalue weighted by Gasteiger charge is -2.29. The number of carbonyl (C=O) groups excluding carboxylic acids is 2. The van der Waals surface area contributed by atoms with Gasteiger partial charge >= 0.3 is 5.97 Å². The molecular weight excluding hydrogens is 232 g/mol. The van der Waals surface area contributed by atoms with Crippen LogP contribution in [0, 0.1) is 0 Å². The topological polar surface area (TPSA) is 58.6 Å². The summed E-state index contributed by atoms with van der Waals surface area (Å²) in [6, 6.07) is 9.10. The molecule has 1 aliphatic heterocycles. The van der Waals surface area contributed by atoms with E-state index in [1.165, 1.54) is 0 Å². The Morgan fingerprint density at radius 2 is 1.94 bits per heavy atom. The molecule has 2 rings (SSSR count). The summed E-state index contributed by atoms with van der Waals surface area (Å²) in [6.07, 6.45) is 2.30. The van der Waals surface area contributed by atoms with Crippen molar-refractivity contribution in [1.82, 2.24) is 10.4 Å². The Morgan fingerprint density at radius 3 is 2.56 bits per heavy atom. The lowest BCUT2D eigenvalue weighted by molar-refractivity contribution is -0.125. The van der Waals surface area contributed by atoms with Crippen LogP contribution in [0.2, 0.25) is 0 Å². The fourth-order valence-corrected chi connectivity index (χ4v) is 1.95. The molecule has 0 spiro atoms. The van der Waals surface area contributed by atoms with Crippen LogP contribution in [0.1, 0.15) is 23.2 Å². The summed E-state index contributed by atoms with van der Waals surface area (Å²) in [7, 11) is 0. The maximum Gasteiger partial charge on any atom is 0.357 e. The number of rotatable bonds is 4. The minimum Gasteiger partial charge on any atom is -0.364 e. The van der Waals surface area contributed by atoms with E-state index in [-0.39, 0.29) is 12.0 Å². The van der Waals surface area contributed by atoms with E-state index in [9.17, 15) is 9.59 Å². The zero-order chi connectivity index (χ0) is 12.8. The molecule has 0 aliphatic carbocycles. The van der Waals surface area contributed by atoms with E-state index in [0.29, 0.717) is 18.7 Å². The predicted molar refractivity (Wildman–Crippen MR) is 65.7 cm³/mol. The molecule has 1 fully saturated rings. The molecule has 5 nitrogen and oxygen atoms in total. The van der Waals surface area contributed by atoms with Crippen LogP contribution in [0.4, 0.5) is 0 Å². The van der Waals surface area contributed by atoms with Crippen molar-refractivity contribution in [1.29, 1.82) is 0 Å². The largest absolute Gasteiger partial charge is 0.364 e. The van der Waals surface area contributed by atoms with Gasteiger partial charge in [-0.15, -0.1) is 5.06 Å². The molecule has 0 radical (unpaired) electrons. The highest BCUT2D eigenvalue weighted by atomic mass is 16.7. The summed E-state index contributed by atoms with van der Waals surface area (Å²) in [4.78, 5) is 27.4. The molecular formula is C13H16N2O3. The third kappa shape index (κ3) is 3.30. The first-order valence-corrected chi connectivity index (χ1v) is 6.01. The van der Waals surface area contributed by atoms with E-state index in [2.05, 4.69) is 5.32 Å². The minimum absolute atomic E-state index is 0.189. The molecule has 1 N–H and O–H groups in total. The summed E-state index contributed by atoms with van der Waals surface area (Å²) in [5.41, 5.74) is 0.547. The molecule has 0 atom stereocenters. The maximum atomic E-state index is 11.8. The Bertz CT molecular complexity index is 400. The van der Waals surface area contributed by atoms with E-state index in [1.807, 2.05) is 6.07 Å². The van der Waals surface area contributed by atoms with E-state index < -0.39 is 0 Å². The number of benzene rings is 1. The van der Waals surface area contributed by atoms with Crippen LogP contribution in [-0.2, 0) is 9.63 Å². The van der Waals surface area contributed by atoms with Crippen molar-refractivity contribution in [3.05, 3.63) is 35.9 Å². The highest BCUT2D eigenvalue weighted by Crippen LogP contribution is 2.12. The van der Waals surface area contributed by atoms with Gasteiger partial charge in [0.05, 0.1) is 5.56 Å². The second-order valence-corrected chi connectivity index (χ2v) is 4.23. The average Bonchev–Trinajstić information content (AvgIpc) is 2.42. The second-order valence-electron chi connectivity index (χ2n) is 4.23. The van der Waals surface area contributed by atoms with Crippen LogP contribution in [0.3, 0.4) is 0 Å². The first-order chi connectivity index (χ1) is 8.79. The Morgan fingerprint density at radius 1 is 1.28 bits per heavy atom. The summed E-state index contributed by atoms with van der Waals surface area (Å²) in [6.45, 7) is 1.29. The molecule has 1 amide bonds. The van der Waals surface area contributed by atoms with Crippen LogP contribution in [0.25, 0.3) is 0 Å². The number of hydrogen-bond donors (Lipinski definition) is 1. The quantitative estimate of drug-likeness (QED) is 0.807. The number of hydroxylamine groups is 2. The third-order valence-electron chi connectivity index (χ3n) is 2.98. The lowest BCUT2D eigenvalue weighted by Crippen LogP contribution is -2.42. The zero-order valence-corrected chi connectivity index (χ0v) is 10.0. The van der Waals surface area contributed by atoms with Crippen LogP contribution in [0.15, 0.2) is 30.3 Å². The van der Waals surface area contributed by atoms with Gasteiger partial charge in [0, 0.05) is 19.1 Å². The van der Waals surface area contributed by atoms with E-state index in [1.54, 1.807) is 29.3 Å². The normalized spacial score (nSPS) is 17.1. The molecule has 18 heavy (non-hydrogen) atoms. The molecule has 0 unspecified atom stereocenters. The first-order valence-electron chi connectivity index (χ1n) is 6.01. The molecule has 5 heteroatoms. The predicted octanol–water partition coefficient (Wildman–Crippen LogP) is 0.969.